The Balaban J connectivity index is 2.66. The summed E-state index contributed by atoms with van der Waals surface area (Å²) < 4.78 is 5.43. The molecule has 0 heterocycles. The molecule has 0 radical (unpaired) electrons. The number of carboxylic acids is 1. The van der Waals surface area contributed by atoms with Crippen molar-refractivity contribution in [3.8, 4) is 5.75 Å². The van der Waals surface area contributed by atoms with Crippen molar-refractivity contribution in [3.63, 3.8) is 0 Å². The molecular weight excluding hydrogens is 270 g/mol. The molecule has 0 unspecified atom stereocenters. The summed E-state index contributed by atoms with van der Waals surface area (Å²) in [5.74, 6) is -0.619. The smallest absolute Gasteiger partial charge is 0.335 e. The molecule has 1 N–H and O–H groups in total. The second-order valence-electron chi connectivity index (χ2n) is 4.94. The van der Waals surface area contributed by atoms with Gasteiger partial charge in [0.15, 0.2) is 6.61 Å². The Labute approximate surface area is 124 Å². The molecule has 1 amide bonds. The Kier molecular flexibility index (Phi) is 5.96. The van der Waals surface area contributed by atoms with Gasteiger partial charge in [0, 0.05) is 13.1 Å². The number of hydrogen-bond donors (Lipinski definition) is 1. The van der Waals surface area contributed by atoms with Gasteiger partial charge in [-0.1, -0.05) is 12.2 Å². The Hall–Kier alpha value is -2.30. The molecule has 1 rings (SSSR count). The summed E-state index contributed by atoms with van der Waals surface area (Å²) in [4.78, 5) is 24.6. The molecule has 0 fully saturated rings. The lowest BCUT2D eigenvalue weighted by Gasteiger charge is -2.21. The average molecular weight is 291 g/mol. The lowest BCUT2D eigenvalue weighted by Crippen LogP contribution is -2.35. The van der Waals surface area contributed by atoms with E-state index >= 15 is 0 Å². The fourth-order valence-corrected chi connectivity index (χ4v) is 1.90. The molecule has 0 aromatic heterocycles. The molecule has 21 heavy (non-hydrogen) atoms. The van der Waals surface area contributed by atoms with Crippen molar-refractivity contribution in [2.24, 2.45) is 0 Å². The van der Waals surface area contributed by atoms with Gasteiger partial charge in [-0.15, -0.1) is 0 Å². The number of amides is 1. The summed E-state index contributed by atoms with van der Waals surface area (Å²) in [6, 6.07) is 4.65. The zero-order valence-electron chi connectivity index (χ0n) is 12.7. The van der Waals surface area contributed by atoms with E-state index in [1.807, 2.05) is 13.8 Å². The van der Waals surface area contributed by atoms with Gasteiger partial charge in [-0.3, -0.25) is 4.79 Å². The van der Waals surface area contributed by atoms with Crippen molar-refractivity contribution >= 4 is 11.9 Å². The van der Waals surface area contributed by atoms with Crippen LogP contribution in [0.15, 0.2) is 30.4 Å². The third kappa shape index (κ3) is 4.95. The van der Waals surface area contributed by atoms with Crippen LogP contribution in [0.2, 0.25) is 0 Å². The van der Waals surface area contributed by atoms with Gasteiger partial charge in [-0.2, -0.15) is 0 Å². The number of aryl methyl sites for hydroxylation is 1. The quantitative estimate of drug-likeness (QED) is 0.784. The van der Waals surface area contributed by atoms with Gasteiger partial charge in [0.2, 0.25) is 0 Å². The van der Waals surface area contributed by atoms with Gasteiger partial charge >= 0.3 is 5.97 Å². The van der Waals surface area contributed by atoms with E-state index in [4.69, 9.17) is 9.84 Å². The fraction of sp³-hybridized carbons (Fsp3) is 0.375. The topological polar surface area (TPSA) is 66.8 Å². The van der Waals surface area contributed by atoms with Crippen LogP contribution in [0, 0.1) is 6.92 Å². The highest BCUT2D eigenvalue weighted by molar-refractivity contribution is 5.89. The number of ether oxygens (including phenoxy) is 1. The summed E-state index contributed by atoms with van der Waals surface area (Å²) >= 11 is 0. The summed E-state index contributed by atoms with van der Waals surface area (Å²) in [5.41, 5.74) is 1.74. The third-order valence-corrected chi connectivity index (χ3v) is 2.99. The molecule has 5 nitrogen and oxygen atoms in total. The van der Waals surface area contributed by atoms with E-state index in [9.17, 15) is 9.59 Å². The van der Waals surface area contributed by atoms with E-state index in [0.29, 0.717) is 24.4 Å². The van der Waals surface area contributed by atoms with E-state index < -0.39 is 5.97 Å². The molecule has 0 aliphatic rings. The maximum Gasteiger partial charge on any atom is 0.335 e. The number of rotatable bonds is 7. The second kappa shape index (κ2) is 7.47. The molecule has 0 spiro atoms. The van der Waals surface area contributed by atoms with Gasteiger partial charge in [0.25, 0.3) is 5.91 Å². The van der Waals surface area contributed by atoms with E-state index in [-0.39, 0.29) is 18.1 Å². The maximum absolute atomic E-state index is 12.0. The molecule has 0 saturated heterocycles. The van der Waals surface area contributed by atoms with Crippen LogP contribution < -0.4 is 4.74 Å². The minimum Gasteiger partial charge on any atom is -0.484 e. The van der Waals surface area contributed by atoms with E-state index in [1.165, 1.54) is 6.07 Å². The largest absolute Gasteiger partial charge is 0.484 e. The Morgan fingerprint density at radius 3 is 2.52 bits per heavy atom. The minimum absolute atomic E-state index is 0.0764. The predicted molar refractivity (Wildman–Crippen MR) is 80.7 cm³/mol. The lowest BCUT2D eigenvalue weighted by atomic mass is 10.1. The molecule has 0 saturated carbocycles. The maximum atomic E-state index is 12.0. The van der Waals surface area contributed by atoms with Crippen LogP contribution in [0.1, 0.15) is 29.8 Å². The van der Waals surface area contributed by atoms with E-state index in [2.05, 4.69) is 6.58 Å². The Morgan fingerprint density at radius 2 is 2.05 bits per heavy atom. The number of nitrogens with zero attached hydrogens (tertiary/aromatic N) is 1. The highest BCUT2D eigenvalue weighted by atomic mass is 16.5. The fourth-order valence-electron chi connectivity index (χ4n) is 1.90. The molecule has 114 valence electrons. The molecule has 0 aliphatic carbocycles. The summed E-state index contributed by atoms with van der Waals surface area (Å²) in [7, 11) is 0. The van der Waals surface area contributed by atoms with Gasteiger partial charge < -0.3 is 14.7 Å². The molecule has 1 aromatic carbocycles. The van der Waals surface area contributed by atoms with Crippen molar-refractivity contribution in [1.82, 2.24) is 4.90 Å². The number of carbonyl (C=O) groups excluding carboxylic acids is 1. The van der Waals surface area contributed by atoms with E-state index in [0.717, 1.165) is 5.57 Å². The third-order valence-electron chi connectivity index (χ3n) is 2.99. The van der Waals surface area contributed by atoms with Crippen LogP contribution in [0.5, 0.6) is 5.75 Å². The van der Waals surface area contributed by atoms with Crippen LogP contribution in [0.4, 0.5) is 0 Å². The number of aromatic carboxylic acids is 1. The van der Waals surface area contributed by atoms with Crippen LogP contribution in [0.3, 0.4) is 0 Å². The highest BCUT2D eigenvalue weighted by Crippen LogP contribution is 2.17. The minimum atomic E-state index is -0.978. The van der Waals surface area contributed by atoms with Crippen LogP contribution in [-0.2, 0) is 4.79 Å². The highest BCUT2D eigenvalue weighted by Gasteiger charge is 2.13. The Morgan fingerprint density at radius 1 is 1.38 bits per heavy atom. The summed E-state index contributed by atoms with van der Waals surface area (Å²) in [6.45, 7) is 10.3. The van der Waals surface area contributed by atoms with Crippen LogP contribution in [0.25, 0.3) is 0 Å². The summed E-state index contributed by atoms with van der Waals surface area (Å²) in [6.07, 6.45) is 0. The number of likely N-dealkylation sites (N-methyl/N-ethyl adjacent to an activating group) is 1. The zero-order chi connectivity index (χ0) is 16.0. The second-order valence-corrected chi connectivity index (χ2v) is 4.94. The first kappa shape index (κ1) is 16.8. The van der Waals surface area contributed by atoms with Crippen molar-refractivity contribution < 1.29 is 19.4 Å². The zero-order valence-corrected chi connectivity index (χ0v) is 12.7. The number of hydrogen-bond acceptors (Lipinski definition) is 3. The SMILES string of the molecule is C=C(C)CN(CC)C(=O)COc1ccc(C(=O)O)c(C)c1. The average Bonchev–Trinajstić information content (AvgIpc) is 2.41. The number of carboxylic acid groups (broad SMARTS) is 1. The lowest BCUT2D eigenvalue weighted by molar-refractivity contribution is -0.132. The normalized spacial score (nSPS) is 10.0. The molecule has 0 atom stereocenters. The van der Waals surface area contributed by atoms with Crippen LogP contribution >= 0.6 is 0 Å². The monoisotopic (exact) mass is 291 g/mol. The van der Waals surface area contributed by atoms with Gasteiger partial charge in [-0.25, -0.2) is 4.79 Å². The van der Waals surface area contributed by atoms with E-state index in [1.54, 1.807) is 24.0 Å². The standard InChI is InChI=1S/C16H21NO4/c1-5-17(9-11(2)3)15(18)10-21-13-6-7-14(16(19)20)12(4)8-13/h6-8H,2,5,9-10H2,1,3-4H3,(H,19,20). The van der Waals surface area contributed by atoms with Crippen LogP contribution in [-0.4, -0.2) is 41.6 Å². The van der Waals surface area contributed by atoms with Gasteiger partial charge in [0.05, 0.1) is 5.56 Å². The first-order valence-electron chi connectivity index (χ1n) is 6.74. The van der Waals surface area contributed by atoms with Gasteiger partial charge in [-0.05, 0) is 44.5 Å². The molecule has 0 bridgehead atoms. The van der Waals surface area contributed by atoms with Crippen molar-refractivity contribution in [2.45, 2.75) is 20.8 Å². The molecule has 5 heteroatoms. The molecule has 0 aliphatic heterocycles. The number of benzene rings is 1. The van der Waals surface area contributed by atoms with Crippen molar-refractivity contribution in [1.29, 1.82) is 0 Å². The summed E-state index contributed by atoms with van der Waals surface area (Å²) in [5, 5.41) is 8.95. The molecular formula is C16H21NO4. The predicted octanol–water partition coefficient (Wildman–Crippen LogP) is 2.50. The van der Waals surface area contributed by atoms with Crippen molar-refractivity contribution in [3.05, 3.63) is 41.5 Å². The Bertz CT molecular complexity index is 551. The first-order valence-corrected chi connectivity index (χ1v) is 6.74. The molecule has 1 aromatic rings. The number of carbonyl (C=O) groups is 2. The van der Waals surface area contributed by atoms with Crippen molar-refractivity contribution in [2.75, 3.05) is 19.7 Å². The van der Waals surface area contributed by atoms with Gasteiger partial charge in [0.1, 0.15) is 5.75 Å². The first-order chi connectivity index (χ1) is 9.85.